The van der Waals surface area contributed by atoms with Gasteiger partial charge in [-0.05, 0) is 30.7 Å². The smallest absolute Gasteiger partial charge is 0.254 e. The molecule has 2 aromatic carbocycles. The number of nitrogens with two attached hydrogens (primary N) is 1. The van der Waals surface area contributed by atoms with Crippen LogP contribution in [0.3, 0.4) is 0 Å². The van der Waals surface area contributed by atoms with Gasteiger partial charge in [0.05, 0.1) is 6.04 Å². The van der Waals surface area contributed by atoms with E-state index >= 15 is 0 Å². The van der Waals surface area contributed by atoms with Crippen LogP contribution in [-0.2, 0) is 4.79 Å². The normalized spacial score (nSPS) is 15.0. The molecule has 1 aliphatic rings. The maximum atomic E-state index is 12.3. The van der Waals surface area contributed by atoms with Crippen LogP contribution in [0.5, 0.6) is 0 Å². The summed E-state index contributed by atoms with van der Waals surface area (Å²) in [6.45, 7) is 4.13. The zero-order chi connectivity index (χ0) is 21.3. The fraction of sp³-hybridized carbons (Fsp3) is 0.136. The summed E-state index contributed by atoms with van der Waals surface area (Å²) in [6.07, 6.45) is 1.93. The van der Waals surface area contributed by atoms with E-state index < -0.39 is 5.91 Å². The van der Waals surface area contributed by atoms with Gasteiger partial charge in [0.2, 0.25) is 5.91 Å². The van der Waals surface area contributed by atoms with Crippen LogP contribution >= 0.6 is 11.6 Å². The van der Waals surface area contributed by atoms with E-state index in [0.717, 1.165) is 5.56 Å². The Hall–Kier alpha value is -3.58. The molecule has 1 aliphatic heterocycles. The highest BCUT2D eigenvalue weighted by Gasteiger charge is 2.31. The molecule has 2 heterocycles. The number of hydrogen-bond acceptors (Lipinski definition) is 4. The number of anilines is 2. The maximum absolute atomic E-state index is 12.3. The number of nitrogens with one attached hydrogen (secondary N) is 2. The minimum atomic E-state index is -0.576. The van der Waals surface area contributed by atoms with E-state index in [9.17, 15) is 9.59 Å². The van der Waals surface area contributed by atoms with Crippen molar-refractivity contribution in [3.63, 3.8) is 0 Å². The first-order valence-corrected chi connectivity index (χ1v) is 9.82. The summed E-state index contributed by atoms with van der Waals surface area (Å²) in [5.74, 6) is -0.319. The Morgan fingerprint density at radius 3 is 2.80 bits per heavy atom. The molecule has 30 heavy (non-hydrogen) atoms. The van der Waals surface area contributed by atoms with E-state index in [4.69, 9.17) is 22.4 Å². The van der Waals surface area contributed by atoms with Gasteiger partial charge in [-0.15, -0.1) is 0 Å². The second-order valence-electron chi connectivity index (χ2n) is 6.90. The van der Waals surface area contributed by atoms with Gasteiger partial charge in [0.15, 0.2) is 0 Å². The topological polar surface area (TPSA) is 102 Å². The van der Waals surface area contributed by atoms with E-state index in [1.165, 1.54) is 6.08 Å². The predicted molar refractivity (Wildman–Crippen MR) is 118 cm³/mol. The number of rotatable bonds is 5. The Morgan fingerprint density at radius 2 is 2.07 bits per heavy atom. The van der Waals surface area contributed by atoms with Gasteiger partial charge in [-0.25, -0.2) is 4.68 Å². The predicted octanol–water partition coefficient (Wildman–Crippen LogP) is 3.83. The van der Waals surface area contributed by atoms with Crippen LogP contribution in [0.2, 0.25) is 5.02 Å². The fourth-order valence-electron chi connectivity index (χ4n) is 3.72. The largest absolute Gasteiger partial charge is 0.369 e. The van der Waals surface area contributed by atoms with Crippen LogP contribution < -0.4 is 16.4 Å². The zero-order valence-corrected chi connectivity index (χ0v) is 16.8. The third kappa shape index (κ3) is 3.55. The van der Waals surface area contributed by atoms with Gasteiger partial charge in [-0.2, -0.15) is 5.10 Å². The number of nitrogens with zero attached hydrogens (tertiary/aromatic N) is 2. The molecule has 8 heteroatoms. The minimum absolute atomic E-state index is 0.200. The lowest BCUT2D eigenvalue weighted by atomic mass is 9.99. The molecule has 152 valence electrons. The van der Waals surface area contributed by atoms with Gasteiger partial charge < -0.3 is 16.4 Å². The molecule has 1 atom stereocenters. The Labute approximate surface area is 178 Å². The van der Waals surface area contributed by atoms with Crippen molar-refractivity contribution in [2.24, 2.45) is 5.73 Å². The van der Waals surface area contributed by atoms with Crippen molar-refractivity contribution in [2.45, 2.75) is 12.5 Å². The molecule has 1 aromatic heterocycles. The Balaban J connectivity index is 1.87. The van der Waals surface area contributed by atoms with Crippen LogP contribution in [0.4, 0.5) is 11.5 Å². The molecule has 0 saturated carbocycles. The van der Waals surface area contributed by atoms with Gasteiger partial charge in [-0.1, -0.05) is 48.5 Å². The van der Waals surface area contributed by atoms with Crippen molar-refractivity contribution in [2.75, 3.05) is 17.2 Å². The van der Waals surface area contributed by atoms with Crippen molar-refractivity contribution in [1.82, 2.24) is 9.78 Å². The molecular weight excluding hydrogens is 402 g/mol. The summed E-state index contributed by atoms with van der Waals surface area (Å²) in [7, 11) is 0. The van der Waals surface area contributed by atoms with Crippen LogP contribution in [-0.4, -0.2) is 28.1 Å². The number of aromatic nitrogens is 2. The highest BCUT2D eigenvalue weighted by atomic mass is 35.5. The second kappa shape index (κ2) is 8.04. The molecule has 7 nitrogen and oxygen atoms in total. The number of carbonyl (C=O) groups is 2. The summed E-state index contributed by atoms with van der Waals surface area (Å²) in [5.41, 5.74) is 8.75. The number of amides is 2. The first-order valence-electron chi connectivity index (χ1n) is 9.44. The molecule has 0 saturated heterocycles. The Morgan fingerprint density at radius 1 is 1.27 bits per heavy atom. The van der Waals surface area contributed by atoms with Gasteiger partial charge in [0.1, 0.15) is 17.1 Å². The highest BCUT2D eigenvalue weighted by Crippen LogP contribution is 2.39. The lowest BCUT2D eigenvalue weighted by Crippen LogP contribution is -2.27. The molecular formula is C22H20ClN5O2. The van der Waals surface area contributed by atoms with Gasteiger partial charge in [-0.3, -0.25) is 9.59 Å². The van der Waals surface area contributed by atoms with Crippen molar-refractivity contribution in [1.29, 1.82) is 0 Å². The van der Waals surface area contributed by atoms with Gasteiger partial charge >= 0.3 is 0 Å². The van der Waals surface area contributed by atoms with Crippen LogP contribution in [0.1, 0.15) is 28.4 Å². The number of halogens is 1. The molecule has 1 unspecified atom stereocenters. The monoisotopic (exact) mass is 421 g/mol. The quantitative estimate of drug-likeness (QED) is 0.545. The third-order valence-electron chi connectivity index (χ3n) is 5.02. The zero-order valence-electron chi connectivity index (χ0n) is 16.1. The number of primary amides is 1. The van der Waals surface area contributed by atoms with Crippen molar-refractivity contribution in [3.8, 4) is 11.3 Å². The lowest BCUT2D eigenvalue weighted by Gasteiger charge is -2.28. The minimum Gasteiger partial charge on any atom is -0.369 e. The van der Waals surface area contributed by atoms with Crippen molar-refractivity contribution >= 4 is 34.9 Å². The molecule has 0 radical (unpaired) electrons. The van der Waals surface area contributed by atoms with E-state index in [2.05, 4.69) is 17.2 Å². The number of fused-ring (bicyclic) bond motifs is 1. The molecule has 0 spiro atoms. The maximum Gasteiger partial charge on any atom is 0.254 e. The Bertz CT molecular complexity index is 1150. The van der Waals surface area contributed by atoms with Gasteiger partial charge in [0.25, 0.3) is 5.91 Å². The number of para-hydroxylation sites is 1. The average Bonchev–Trinajstić information content (AvgIpc) is 3.14. The Kier molecular flexibility index (Phi) is 5.29. The first-order chi connectivity index (χ1) is 14.5. The van der Waals surface area contributed by atoms with Gasteiger partial charge in [0, 0.05) is 28.4 Å². The summed E-state index contributed by atoms with van der Waals surface area (Å²) < 4.78 is 1.76. The summed E-state index contributed by atoms with van der Waals surface area (Å²) in [4.78, 5) is 24.2. The standard InChI is InChI=1S/C22H20ClN5O2/c1-2-18(29)26-16-9-4-3-8-15(16)17-10-11-25-22-19(21(24)30)20(27-28(17)22)13-6-5-7-14(23)12-13/h2-9,12,17,25H,1,10-11H2,(H2,24,30)(H,26,29). The van der Waals surface area contributed by atoms with E-state index in [-0.39, 0.29) is 11.9 Å². The molecule has 0 fully saturated rings. The molecule has 4 N–H and O–H groups in total. The average molecular weight is 422 g/mol. The molecule has 3 aromatic rings. The fourth-order valence-corrected chi connectivity index (χ4v) is 3.91. The molecule has 2 amide bonds. The summed E-state index contributed by atoms with van der Waals surface area (Å²) in [5, 5.41) is 11.4. The molecule has 4 rings (SSSR count). The first kappa shape index (κ1) is 19.7. The number of hydrogen-bond donors (Lipinski definition) is 3. The lowest BCUT2D eigenvalue weighted by molar-refractivity contribution is -0.111. The van der Waals surface area contributed by atoms with Crippen molar-refractivity contribution in [3.05, 3.63) is 77.3 Å². The summed E-state index contributed by atoms with van der Waals surface area (Å²) >= 11 is 6.15. The van der Waals surface area contributed by atoms with E-state index in [1.54, 1.807) is 22.9 Å². The van der Waals surface area contributed by atoms with Crippen LogP contribution in [0, 0.1) is 0 Å². The highest BCUT2D eigenvalue weighted by molar-refractivity contribution is 6.30. The number of benzene rings is 2. The van der Waals surface area contributed by atoms with E-state index in [1.807, 2.05) is 30.3 Å². The van der Waals surface area contributed by atoms with E-state index in [0.29, 0.717) is 46.3 Å². The van der Waals surface area contributed by atoms with Crippen LogP contribution in [0.15, 0.2) is 61.2 Å². The molecule has 0 bridgehead atoms. The van der Waals surface area contributed by atoms with Crippen LogP contribution in [0.25, 0.3) is 11.3 Å². The second-order valence-corrected chi connectivity index (χ2v) is 7.34. The third-order valence-corrected chi connectivity index (χ3v) is 5.26. The molecule has 0 aliphatic carbocycles. The SMILES string of the molecule is C=CC(=O)Nc1ccccc1C1CCNc2c(C(N)=O)c(-c3cccc(Cl)c3)nn21. The number of carbonyl (C=O) groups excluding carboxylic acids is 2. The summed E-state index contributed by atoms with van der Waals surface area (Å²) in [6, 6.07) is 14.4. The van der Waals surface area contributed by atoms with Crippen molar-refractivity contribution < 1.29 is 9.59 Å².